The average Bonchev–Trinajstić information content (AvgIpc) is 2.77. The van der Waals surface area contributed by atoms with Crippen LogP contribution in [0.3, 0.4) is 0 Å². The highest BCUT2D eigenvalue weighted by atomic mass is 16.7. The van der Waals surface area contributed by atoms with Gasteiger partial charge in [-0.05, 0) is 31.1 Å². The van der Waals surface area contributed by atoms with Gasteiger partial charge in [-0.25, -0.2) is 0 Å². The highest BCUT2D eigenvalue weighted by molar-refractivity contribution is 5.69. The molecule has 90 valence electrons. The smallest absolute Gasteiger partial charge is 0.306 e. The molecular formula is C12H18O4. The van der Waals surface area contributed by atoms with E-state index in [1.54, 1.807) is 0 Å². The van der Waals surface area contributed by atoms with Crippen LogP contribution in [0.25, 0.3) is 0 Å². The van der Waals surface area contributed by atoms with Gasteiger partial charge < -0.3 is 14.2 Å². The molecule has 0 amide bonds. The summed E-state index contributed by atoms with van der Waals surface area (Å²) in [5, 5.41) is 0. The Labute approximate surface area is 95.2 Å². The fourth-order valence-electron chi connectivity index (χ4n) is 3.57. The first-order valence-corrected chi connectivity index (χ1v) is 6.18. The Morgan fingerprint density at radius 1 is 1.31 bits per heavy atom. The third-order valence-electron chi connectivity index (χ3n) is 4.27. The zero-order valence-electron chi connectivity index (χ0n) is 9.56. The minimum absolute atomic E-state index is 0.00782. The van der Waals surface area contributed by atoms with E-state index in [0.29, 0.717) is 36.7 Å². The molecule has 0 aromatic carbocycles. The Morgan fingerprint density at radius 3 is 2.94 bits per heavy atom. The van der Waals surface area contributed by atoms with Crippen molar-refractivity contribution < 1.29 is 19.0 Å². The number of fused-ring (bicyclic) bond motifs is 1. The summed E-state index contributed by atoms with van der Waals surface area (Å²) >= 11 is 0. The van der Waals surface area contributed by atoms with E-state index < -0.39 is 0 Å². The number of ether oxygens (including phenoxy) is 3. The molecule has 0 radical (unpaired) electrons. The number of rotatable bonds is 3. The molecule has 2 heterocycles. The largest absolute Gasteiger partial charge is 0.466 e. The minimum atomic E-state index is -0.0662. The maximum atomic E-state index is 11.6. The quantitative estimate of drug-likeness (QED) is 0.678. The fourth-order valence-corrected chi connectivity index (χ4v) is 3.57. The van der Waals surface area contributed by atoms with Crippen molar-refractivity contribution in [3.63, 3.8) is 0 Å². The van der Waals surface area contributed by atoms with Gasteiger partial charge in [-0.2, -0.15) is 0 Å². The molecule has 2 aliphatic heterocycles. The molecule has 0 spiro atoms. The predicted molar refractivity (Wildman–Crippen MR) is 55.5 cm³/mol. The van der Waals surface area contributed by atoms with Crippen molar-refractivity contribution in [1.82, 2.24) is 0 Å². The van der Waals surface area contributed by atoms with Crippen LogP contribution in [0.15, 0.2) is 0 Å². The molecule has 1 aliphatic carbocycles. The van der Waals surface area contributed by atoms with Gasteiger partial charge in [0.15, 0.2) is 6.29 Å². The first kappa shape index (κ1) is 10.5. The van der Waals surface area contributed by atoms with Crippen LogP contribution < -0.4 is 0 Å². The van der Waals surface area contributed by atoms with Crippen LogP contribution in [-0.2, 0) is 19.0 Å². The Morgan fingerprint density at radius 2 is 2.12 bits per heavy atom. The van der Waals surface area contributed by atoms with E-state index in [0.717, 1.165) is 13.2 Å². The lowest BCUT2D eigenvalue weighted by atomic mass is 9.87. The Hall–Kier alpha value is -0.610. The summed E-state index contributed by atoms with van der Waals surface area (Å²) in [6.07, 6.45) is 1.71. The van der Waals surface area contributed by atoms with Gasteiger partial charge in [-0.1, -0.05) is 0 Å². The summed E-state index contributed by atoms with van der Waals surface area (Å²) in [6, 6.07) is 0. The molecule has 2 bridgehead atoms. The highest BCUT2D eigenvalue weighted by Gasteiger charge is 2.54. The maximum absolute atomic E-state index is 11.6. The first-order chi connectivity index (χ1) is 7.79. The summed E-state index contributed by atoms with van der Waals surface area (Å²) in [5.41, 5.74) is 0. The lowest BCUT2D eigenvalue weighted by molar-refractivity contribution is -0.167. The molecule has 3 aliphatic rings. The summed E-state index contributed by atoms with van der Waals surface area (Å²) in [6.45, 7) is 3.83. The van der Waals surface area contributed by atoms with Crippen LogP contribution in [0.4, 0.5) is 0 Å². The molecule has 3 fully saturated rings. The van der Waals surface area contributed by atoms with Crippen molar-refractivity contribution in [2.24, 2.45) is 23.7 Å². The molecule has 2 saturated heterocycles. The Kier molecular flexibility index (Phi) is 2.64. The van der Waals surface area contributed by atoms with Gasteiger partial charge in [0.2, 0.25) is 0 Å². The molecule has 0 N–H and O–H groups in total. The first-order valence-electron chi connectivity index (χ1n) is 6.18. The number of carbonyl (C=O) groups excluding carboxylic acids is 1. The SMILES string of the molecule is CCOC(=O)C[C@H]1C2CO[C@H]3OC[C@@H]1C3C2. The summed E-state index contributed by atoms with van der Waals surface area (Å²) in [7, 11) is 0. The molecule has 1 saturated carbocycles. The van der Waals surface area contributed by atoms with E-state index in [2.05, 4.69) is 0 Å². The van der Waals surface area contributed by atoms with Crippen LogP contribution in [0.2, 0.25) is 0 Å². The van der Waals surface area contributed by atoms with E-state index in [1.807, 2.05) is 6.92 Å². The van der Waals surface area contributed by atoms with Gasteiger partial charge in [0.1, 0.15) is 0 Å². The summed E-state index contributed by atoms with van der Waals surface area (Å²) in [4.78, 5) is 11.6. The lowest BCUT2D eigenvalue weighted by Gasteiger charge is -2.27. The number of hydrogen-bond acceptors (Lipinski definition) is 4. The zero-order chi connectivity index (χ0) is 11.1. The van der Waals surface area contributed by atoms with Crippen LogP contribution in [0, 0.1) is 23.7 Å². The van der Waals surface area contributed by atoms with E-state index in [1.165, 1.54) is 6.42 Å². The average molecular weight is 226 g/mol. The molecule has 2 unspecified atom stereocenters. The van der Waals surface area contributed by atoms with Crippen molar-refractivity contribution in [2.45, 2.75) is 26.1 Å². The normalized spacial score (nSPS) is 44.7. The van der Waals surface area contributed by atoms with Gasteiger partial charge in [-0.3, -0.25) is 4.79 Å². The molecule has 5 atom stereocenters. The number of esters is 1. The molecule has 3 rings (SSSR count). The number of carbonyl (C=O) groups is 1. The molecule has 4 heteroatoms. The van der Waals surface area contributed by atoms with Gasteiger partial charge in [-0.15, -0.1) is 0 Å². The van der Waals surface area contributed by atoms with Crippen LogP contribution in [-0.4, -0.2) is 32.1 Å². The highest BCUT2D eigenvalue weighted by Crippen LogP contribution is 2.52. The van der Waals surface area contributed by atoms with E-state index in [9.17, 15) is 4.79 Å². The second kappa shape index (κ2) is 4.00. The Balaban J connectivity index is 1.69. The minimum Gasteiger partial charge on any atom is -0.466 e. The van der Waals surface area contributed by atoms with Gasteiger partial charge in [0.25, 0.3) is 0 Å². The van der Waals surface area contributed by atoms with Gasteiger partial charge >= 0.3 is 5.97 Å². The monoisotopic (exact) mass is 226 g/mol. The third kappa shape index (κ3) is 1.55. The Bertz CT molecular complexity index is 291. The zero-order valence-corrected chi connectivity index (χ0v) is 9.56. The fraction of sp³-hybridized carbons (Fsp3) is 0.917. The van der Waals surface area contributed by atoms with Crippen molar-refractivity contribution in [3.05, 3.63) is 0 Å². The molecule has 16 heavy (non-hydrogen) atoms. The van der Waals surface area contributed by atoms with Crippen LogP contribution >= 0.6 is 0 Å². The van der Waals surface area contributed by atoms with Crippen molar-refractivity contribution in [2.75, 3.05) is 19.8 Å². The van der Waals surface area contributed by atoms with E-state index in [-0.39, 0.29) is 12.3 Å². The second-order valence-electron chi connectivity index (χ2n) is 5.03. The molecule has 0 aromatic heterocycles. The second-order valence-corrected chi connectivity index (χ2v) is 5.03. The summed E-state index contributed by atoms with van der Waals surface area (Å²) in [5.74, 6) is 1.93. The number of hydrogen-bond donors (Lipinski definition) is 0. The predicted octanol–water partition coefficient (Wildman–Crippen LogP) is 1.19. The van der Waals surface area contributed by atoms with E-state index >= 15 is 0 Å². The topological polar surface area (TPSA) is 44.8 Å². The van der Waals surface area contributed by atoms with Gasteiger partial charge in [0.05, 0.1) is 19.8 Å². The molecule has 4 nitrogen and oxygen atoms in total. The van der Waals surface area contributed by atoms with Gasteiger partial charge in [0, 0.05) is 12.3 Å². The van der Waals surface area contributed by atoms with E-state index in [4.69, 9.17) is 14.2 Å². The van der Waals surface area contributed by atoms with Crippen molar-refractivity contribution in [1.29, 1.82) is 0 Å². The molecule has 0 aromatic rings. The maximum Gasteiger partial charge on any atom is 0.306 e. The standard InChI is InChI=1S/C12H18O4/c1-2-14-11(13)4-8-7-3-9-10(8)6-16-12(9)15-5-7/h7-10,12H,2-6H2,1H3/t7?,8-,9?,10-,12-/m0/s1. The van der Waals surface area contributed by atoms with Crippen molar-refractivity contribution >= 4 is 5.97 Å². The van der Waals surface area contributed by atoms with Crippen LogP contribution in [0.5, 0.6) is 0 Å². The molecular weight excluding hydrogens is 208 g/mol. The summed E-state index contributed by atoms with van der Waals surface area (Å²) < 4.78 is 16.3. The van der Waals surface area contributed by atoms with Crippen molar-refractivity contribution in [3.8, 4) is 0 Å². The third-order valence-corrected chi connectivity index (χ3v) is 4.27. The van der Waals surface area contributed by atoms with Crippen LogP contribution in [0.1, 0.15) is 19.8 Å². The lowest BCUT2D eigenvalue weighted by Crippen LogP contribution is -2.30.